The predicted octanol–water partition coefficient (Wildman–Crippen LogP) is 2.62. The van der Waals surface area contributed by atoms with Gasteiger partial charge >= 0.3 is 0 Å². The molecule has 2 N–H and O–H groups in total. The topological polar surface area (TPSA) is 48.9 Å². The molecule has 0 spiro atoms. The number of hydrogen-bond donors (Lipinski definition) is 2. The van der Waals surface area contributed by atoms with Crippen LogP contribution in [0.15, 0.2) is 4.99 Å². The van der Waals surface area contributed by atoms with Crippen molar-refractivity contribution in [2.75, 3.05) is 45.9 Å². The standard InChI is InChI=1S/C18H38N4O/c1-4-19-18(20-12-7-9-16-23-5-2)21-13-10-15-22-14-8-6-11-17(22)3/h17H,4-16H2,1-3H3,(H2,19,20,21). The van der Waals surface area contributed by atoms with Gasteiger partial charge in [-0.25, -0.2) is 0 Å². The molecule has 1 atom stereocenters. The van der Waals surface area contributed by atoms with E-state index in [4.69, 9.17) is 9.73 Å². The summed E-state index contributed by atoms with van der Waals surface area (Å²) >= 11 is 0. The third-order valence-corrected chi connectivity index (χ3v) is 4.37. The Morgan fingerprint density at radius 3 is 2.78 bits per heavy atom. The van der Waals surface area contributed by atoms with Crippen molar-refractivity contribution < 1.29 is 4.74 Å². The maximum absolute atomic E-state index is 5.36. The number of nitrogens with one attached hydrogen (secondary N) is 2. The zero-order valence-corrected chi connectivity index (χ0v) is 15.6. The lowest BCUT2D eigenvalue weighted by Gasteiger charge is -2.33. The largest absolute Gasteiger partial charge is 0.382 e. The van der Waals surface area contributed by atoms with Crippen LogP contribution in [-0.2, 0) is 4.74 Å². The molecule has 0 aromatic heterocycles. The Morgan fingerprint density at radius 1 is 1.17 bits per heavy atom. The molecule has 136 valence electrons. The van der Waals surface area contributed by atoms with Gasteiger partial charge in [0.25, 0.3) is 0 Å². The molecule has 0 aliphatic carbocycles. The van der Waals surface area contributed by atoms with Crippen molar-refractivity contribution in [2.45, 2.75) is 65.3 Å². The molecular formula is C18H38N4O. The Morgan fingerprint density at radius 2 is 2.04 bits per heavy atom. The molecule has 23 heavy (non-hydrogen) atoms. The second-order valence-electron chi connectivity index (χ2n) is 6.33. The van der Waals surface area contributed by atoms with Crippen molar-refractivity contribution in [3.63, 3.8) is 0 Å². The summed E-state index contributed by atoms with van der Waals surface area (Å²) in [4.78, 5) is 7.31. The Balaban J connectivity index is 2.15. The average molecular weight is 327 g/mol. The van der Waals surface area contributed by atoms with Crippen LogP contribution in [0.3, 0.4) is 0 Å². The molecule has 5 heteroatoms. The van der Waals surface area contributed by atoms with Gasteiger partial charge in [-0.15, -0.1) is 0 Å². The van der Waals surface area contributed by atoms with Crippen molar-refractivity contribution in [3.8, 4) is 0 Å². The molecule has 0 radical (unpaired) electrons. The number of nitrogens with zero attached hydrogens (tertiary/aromatic N) is 2. The van der Waals surface area contributed by atoms with E-state index >= 15 is 0 Å². The number of hydrogen-bond acceptors (Lipinski definition) is 3. The Kier molecular flexibility index (Phi) is 12.0. The van der Waals surface area contributed by atoms with Crippen LogP contribution >= 0.6 is 0 Å². The van der Waals surface area contributed by atoms with Gasteiger partial charge in [0.2, 0.25) is 0 Å². The van der Waals surface area contributed by atoms with Crippen molar-refractivity contribution in [3.05, 3.63) is 0 Å². The van der Waals surface area contributed by atoms with Crippen LogP contribution in [0.1, 0.15) is 59.3 Å². The molecule has 0 saturated carbocycles. The lowest BCUT2D eigenvalue weighted by Crippen LogP contribution is -2.39. The number of guanidine groups is 1. The summed E-state index contributed by atoms with van der Waals surface area (Å²) in [6.07, 6.45) is 7.48. The van der Waals surface area contributed by atoms with Gasteiger partial charge in [-0.2, -0.15) is 0 Å². The minimum atomic E-state index is 0.754. The second-order valence-corrected chi connectivity index (χ2v) is 6.33. The highest BCUT2D eigenvalue weighted by atomic mass is 16.5. The molecule has 0 aromatic carbocycles. The highest BCUT2D eigenvalue weighted by molar-refractivity contribution is 5.79. The van der Waals surface area contributed by atoms with E-state index in [0.29, 0.717) is 0 Å². The van der Waals surface area contributed by atoms with Gasteiger partial charge in [-0.3, -0.25) is 4.99 Å². The smallest absolute Gasteiger partial charge is 0.191 e. The molecule has 0 aromatic rings. The summed E-state index contributed by atoms with van der Waals surface area (Å²) < 4.78 is 5.36. The zero-order chi connectivity index (χ0) is 16.8. The summed E-state index contributed by atoms with van der Waals surface area (Å²) in [5.41, 5.74) is 0. The molecule has 1 heterocycles. The van der Waals surface area contributed by atoms with Crippen molar-refractivity contribution >= 4 is 5.96 Å². The van der Waals surface area contributed by atoms with Gasteiger partial charge < -0.3 is 20.3 Å². The van der Waals surface area contributed by atoms with Gasteiger partial charge in [0.05, 0.1) is 0 Å². The van der Waals surface area contributed by atoms with Gasteiger partial charge in [0, 0.05) is 45.4 Å². The van der Waals surface area contributed by atoms with Crippen molar-refractivity contribution in [2.24, 2.45) is 4.99 Å². The summed E-state index contributed by atoms with van der Waals surface area (Å²) in [6.45, 7) is 13.4. The van der Waals surface area contributed by atoms with E-state index in [1.165, 1.54) is 32.4 Å². The first-order valence-corrected chi connectivity index (χ1v) is 9.61. The molecule has 1 fully saturated rings. The Hall–Kier alpha value is -0.810. The number of piperidine rings is 1. The van der Waals surface area contributed by atoms with Crippen LogP contribution in [0, 0.1) is 0 Å². The molecule has 1 unspecified atom stereocenters. The van der Waals surface area contributed by atoms with E-state index < -0.39 is 0 Å². The fraction of sp³-hybridized carbons (Fsp3) is 0.944. The molecule has 1 saturated heterocycles. The minimum Gasteiger partial charge on any atom is -0.382 e. The van der Waals surface area contributed by atoms with E-state index in [9.17, 15) is 0 Å². The van der Waals surface area contributed by atoms with Crippen LogP contribution in [0.25, 0.3) is 0 Å². The minimum absolute atomic E-state index is 0.754. The van der Waals surface area contributed by atoms with E-state index in [1.54, 1.807) is 0 Å². The fourth-order valence-electron chi connectivity index (χ4n) is 2.98. The Bertz CT molecular complexity index is 309. The zero-order valence-electron chi connectivity index (χ0n) is 15.6. The van der Waals surface area contributed by atoms with Crippen molar-refractivity contribution in [1.29, 1.82) is 0 Å². The maximum atomic E-state index is 5.36. The van der Waals surface area contributed by atoms with Crippen LogP contribution in [-0.4, -0.2) is 62.8 Å². The molecule has 0 bridgehead atoms. The SMILES string of the molecule is CCNC(=NCCCN1CCCCC1C)NCCCCOCC. The summed E-state index contributed by atoms with van der Waals surface area (Å²) in [7, 11) is 0. The summed E-state index contributed by atoms with van der Waals surface area (Å²) in [5, 5.41) is 6.74. The van der Waals surface area contributed by atoms with Gasteiger partial charge in [-0.1, -0.05) is 6.42 Å². The second kappa shape index (κ2) is 13.6. The van der Waals surface area contributed by atoms with Crippen LogP contribution in [0.2, 0.25) is 0 Å². The number of unbranched alkanes of at least 4 members (excludes halogenated alkanes) is 1. The molecule has 5 nitrogen and oxygen atoms in total. The lowest BCUT2D eigenvalue weighted by molar-refractivity contribution is 0.143. The number of ether oxygens (including phenoxy) is 1. The number of likely N-dealkylation sites (tertiary alicyclic amines) is 1. The molecular weight excluding hydrogens is 288 g/mol. The molecule has 1 aliphatic rings. The van der Waals surface area contributed by atoms with E-state index in [1.807, 2.05) is 6.92 Å². The van der Waals surface area contributed by atoms with Gasteiger partial charge in [0.1, 0.15) is 0 Å². The van der Waals surface area contributed by atoms with E-state index in [0.717, 1.165) is 64.1 Å². The fourth-order valence-corrected chi connectivity index (χ4v) is 2.98. The first-order chi connectivity index (χ1) is 11.3. The van der Waals surface area contributed by atoms with Crippen LogP contribution in [0.5, 0.6) is 0 Å². The normalized spacial score (nSPS) is 19.8. The maximum Gasteiger partial charge on any atom is 0.191 e. The number of aliphatic imine (C=N–C) groups is 1. The highest BCUT2D eigenvalue weighted by Crippen LogP contribution is 2.16. The Labute approximate surface area is 143 Å². The predicted molar refractivity (Wildman–Crippen MR) is 99.2 cm³/mol. The van der Waals surface area contributed by atoms with E-state index in [-0.39, 0.29) is 0 Å². The first-order valence-electron chi connectivity index (χ1n) is 9.61. The van der Waals surface area contributed by atoms with Crippen LogP contribution in [0.4, 0.5) is 0 Å². The number of rotatable bonds is 11. The summed E-state index contributed by atoms with van der Waals surface area (Å²) in [6, 6.07) is 0.754. The first kappa shape index (κ1) is 20.2. The van der Waals surface area contributed by atoms with Crippen LogP contribution < -0.4 is 10.6 Å². The molecule has 1 aliphatic heterocycles. The quantitative estimate of drug-likeness (QED) is 0.348. The lowest BCUT2D eigenvalue weighted by atomic mass is 10.0. The molecule has 1 rings (SSSR count). The highest BCUT2D eigenvalue weighted by Gasteiger charge is 2.16. The van der Waals surface area contributed by atoms with Gasteiger partial charge in [0.15, 0.2) is 5.96 Å². The monoisotopic (exact) mass is 326 g/mol. The van der Waals surface area contributed by atoms with Crippen molar-refractivity contribution in [1.82, 2.24) is 15.5 Å². The third-order valence-electron chi connectivity index (χ3n) is 4.37. The molecule has 0 amide bonds. The third kappa shape index (κ3) is 9.82. The van der Waals surface area contributed by atoms with E-state index in [2.05, 4.69) is 29.4 Å². The van der Waals surface area contributed by atoms with Gasteiger partial charge in [-0.05, 0) is 59.4 Å². The summed E-state index contributed by atoms with van der Waals surface area (Å²) in [5.74, 6) is 0.954. The average Bonchev–Trinajstić information content (AvgIpc) is 2.56.